The first-order valence-electron chi connectivity index (χ1n) is 9.59. The Morgan fingerprint density at radius 1 is 1.24 bits per heavy atom. The lowest BCUT2D eigenvalue weighted by Gasteiger charge is -2.35. The maximum absolute atomic E-state index is 13.5. The van der Waals surface area contributed by atoms with Gasteiger partial charge in [-0.1, -0.05) is 23.7 Å². The van der Waals surface area contributed by atoms with Gasteiger partial charge in [0.1, 0.15) is 5.15 Å². The van der Waals surface area contributed by atoms with Gasteiger partial charge in [-0.3, -0.25) is 10.2 Å². The Kier molecular flexibility index (Phi) is 7.70. The number of benzene rings is 1. The Morgan fingerprint density at radius 3 is 2.64 bits per heavy atom. The first-order valence-corrected chi connectivity index (χ1v) is 9.96. The minimum absolute atomic E-state index is 0.00582. The zero-order valence-electron chi connectivity index (χ0n) is 16.8. The third kappa shape index (κ3) is 7.21. The molecule has 1 amide bonds. The Morgan fingerprint density at radius 2 is 2.00 bits per heavy atom. The van der Waals surface area contributed by atoms with E-state index >= 15 is 0 Å². The first kappa shape index (κ1) is 25.1. The number of nitrogens with zero attached hydrogens (tertiary/aromatic N) is 2. The van der Waals surface area contributed by atoms with E-state index in [0.717, 1.165) is 18.3 Å². The number of pyridine rings is 1. The number of carbonyl (C=O) groups excluding carboxylic acids is 1. The molecule has 2 aromatic rings. The molecule has 1 aliphatic rings. The van der Waals surface area contributed by atoms with Gasteiger partial charge in [-0.2, -0.15) is 26.3 Å². The molecule has 13 heteroatoms. The van der Waals surface area contributed by atoms with Gasteiger partial charge in [0.05, 0.1) is 30.2 Å². The van der Waals surface area contributed by atoms with E-state index in [-0.39, 0.29) is 36.1 Å². The number of carbonyl (C=O) groups is 1. The second-order valence-electron chi connectivity index (χ2n) is 7.17. The summed E-state index contributed by atoms with van der Waals surface area (Å²) < 4.78 is 89.5. The van der Waals surface area contributed by atoms with Crippen LogP contribution < -0.4 is 5.32 Å². The lowest BCUT2D eigenvalue weighted by molar-refractivity contribution is -0.209. The number of ether oxygens (including phenoxy) is 2. The van der Waals surface area contributed by atoms with E-state index < -0.39 is 42.8 Å². The Labute approximate surface area is 189 Å². The summed E-state index contributed by atoms with van der Waals surface area (Å²) in [6.45, 7) is -0.753. The maximum atomic E-state index is 13.5. The summed E-state index contributed by atoms with van der Waals surface area (Å²) in [5.74, 6) is 0. The molecule has 1 aliphatic heterocycles. The van der Waals surface area contributed by atoms with Gasteiger partial charge in [0.25, 0.3) is 0 Å². The van der Waals surface area contributed by atoms with Crippen LogP contribution in [0.15, 0.2) is 42.6 Å². The number of anilines is 1. The van der Waals surface area contributed by atoms with Crippen molar-refractivity contribution in [2.75, 3.05) is 31.6 Å². The molecule has 1 fully saturated rings. The highest BCUT2D eigenvalue weighted by Crippen LogP contribution is 2.33. The molecular weight excluding hydrogens is 480 g/mol. The van der Waals surface area contributed by atoms with Crippen LogP contribution in [0.1, 0.15) is 17.2 Å². The smallest absolute Gasteiger partial charge is 0.426 e. The zero-order valence-corrected chi connectivity index (χ0v) is 17.5. The predicted octanol–water partition coefficient (Wildman–Crippen LogP) is 5.31. The van der Waals surface area contributed by atoms with Gasteiger partial charge < -0.3 is 9.47 Å². The number of amides is 1. The molecule has 0 radical (unpaired) electrons. The molecule has 3 rings (SSSR count). The maximum Gasteiger partial charge on any atom is 0.426 e. The molecule has 180 valence electrons. The summed E-state index contributed by atoms with van der Waals surface area (Å²) >= 11 is 5.61. The van der Waals surface area contributed by atoms with Crippen LogP contribution in [-0.4, -0.2) is 54.5 Å². The Hall–Kier alpha value is -2.57. The van der Waals surface area contributed by atoms with E-state index in [9.17, 15) is 31.1 Å². The highest BCUT2D eigenvalue weighted by molar-refractivity contribution is 6.29. The van der Waals surface area contributed by atoms with Crippen molar-refractivity contribution in [3.05, 3.63) is 58.9 Å². The number of hydrogen-bond acceptors (Lipinski definition) is 5. The molecule has 0 aliphatic carbocycles. The number of hydrogen-bond donors (Lipinski definition) is 1. The third-order valence-corrected chi connectivity index (χ3v) is 4.97. The number of nitrogens with one attached hydrogen (secondary N) is 1. The quantitative estimate of drug-likeness (QED) is 0.448. The second kappa shape index (κ2) is 10.1. The van der Waals surface area contributed by atoms with Gasteiger partial charge >= 0.3 is 18.4 Å². The van der Waals surface area contributed by atoms with Crippen LogP contribution in [0.5, 0.6) is 0 Å². The highest BCUT2D eigenvalue weighted by Gasteiger charge is 2.44. The molecule has 0 saturated carbocycles. The first-order chi connectivity index (χ1) is 15.4. The number of morpholine rings is 1. The zero-order chi connectivity index (χ0) is 24.2. The van der Waals surface area contributed by atoms with Gasteiger partial charge in [-0.05, 0) is 29.8 Å². The van der Waals surface area contributed by atoms with E-state index in [0.29, 0.717) is 0 Å². The highest BCUT2D eigenvalue weighted by atomic mass is 35.5. The minimum atomic E-state index is -4.88. The molecule has 1 unspecified atom stereocenters. The minimum Gasteiger partial charge on any atom is -0.435 e. The Bertz CT molecular complexity index is 955. The van der Waals surface area contributed by atoms with Crippen molar-refractivity contribution in [3.8, 4) is 0 Å². The number of rotatable bonds is 5. The van der Waals surface area contributed by atoms with Gasteiger partial charge in [-0.15, -0.1) is 0 Å². The van der Waals surface area contributed by atoms with Crippen LogP contribution >= 0.6 is 11.6 Å². The van der Waals surface area contributed by atoms with E-state index in [1.54, 1.807) is 0 Å². The summed E-state index contributed by atoms with van der Waals surface area (Å²) in [6.07, 6.45) is -13.0. The average molecular weight is 498 g/mol. The van der Waals surface area contributed by atoms with Crippen LogP contribution in [-0.2, 0) is 15.7 Å². The van der Waals surface area contributed by atoms with E-state index in [1.807, 2.05) is 0 Å². The van der Waals surface area contributed by atoms with Crippen LogP contribution in [0.25, 0.3) is 0 Å². The molecule has 1 aromatic heterocycles. The van der Waals surface area contributed by atoms with Gasteiger partial charge in [0, 0.05) is 19.6 Å². The fourth-order valence-electron chi connectivity index (χ4n) is 3.15. The van der Waals surface area contributed by atoms with Crippen molar-refractivity contribution in [2.24, 2.45) is 0 Å². The van der Waals surface area contributed by atoms with Crippen LogP contribution in [0, 0.1) is 0 Å². The summed E-state index contributed by atoms with van der Waals surface area (Å²) in [5.41, 5.74) is -0.612. The summed E-state index contributed by atoms with van der Waals surface area (Å²) in [5, 5.41) is 2.26. The largest absolute Gasteiger partial charge is 0.435 e. The molecule has 6 nitrogen and oxygen atoms in total. The van der Waals surface area contributed by atoms with Crippen molar-refractivity contribution < 1.29 is 40.6 Å². The molecule has 0 bridgehead atoms. The lowest BCUT2D eigenvalue weighted by Crippen LogP contribution is -2.48. The number of halogens is 7. The topological polar surface area (TPSA) is 63.7 Å². The molecular formula is C20H18ClF6N3O3. The summed E-state index contributed by atoms with van der Waals surface area (Å²) in [4.78, 5) is 17.0. The van der Waals surface area contributed by atoms with Gasteiger partial charge in [0.15, 0.2) is 0 Å². The van der Waals surface area contributed by atoms with Crippen molar-refractivity contribution >= 4 is 23.4 Å². The van der Waals surface area contributed by atoms with Crippen LogP contribution in [0.4, 0.5) is 36.8 Å². The van der Waals surface area contributed by atoms with Crippen LogP contribution in [0.3, 0.4) is 0 Å². The van der Waals surface area contributed by atoms with Crippen LogP contribution in [0.2, 0.25) is 5.15 Å². The summed E-state index contributed by atoms with van der Waals surface area (Å²) in [7, 11) is 0. The molecule has 2 heterocycles. The van der Waals surface area contributed by atoms with Crippen molar-refractivity contribution in [1.82, 2.24) is 9.88 Å². The van der Waals surface area contributed by atoms with E-state index in [4.69, 9.17) is 16.3 Å². The van der Waals surface area contributed by atoms with E-state index in [2.05, 4.69) is 15.0 Å². The fourth-order valence-corrected chi connectivity index (χ4v) is 3.27. The Balaban J connectivity index is 1.65. The van der Waals surface area contributed by atoms with Crippen molar-refractivity contribution in [3.63, 3.8) is 0 Å². The fraction of sp³-hybridized carbons (Fsp3) is 0.400. The van der Waals surface area contributed by atoms with Crippen molar-refractivity contribution in [2.45, 2.75) is 24.6 Å². The predicted molar refractivity (Wildman–Crippen MR) is 106 cm³/mol. The molecule has 1 aromatic carbocycles. The standard InChI is InChI=1S/C20H18ClF6N3O3/c21-17-5-4-14(9-28-17)29-18(31)33-16(20(25,26)27)11-30-6-7-32-15(10-30)12-2-1-3-13(8-12)19(22,23)24/h1-5,8-9,15-16H,6-7,10-11H2,(H,29,31)/t15?,16-/m0/s1. The normalized spacial score (nSPS) is 18.6. The molecule has 1 N–H and O–H groups in total. The number of alkyl halides is 6. The van der Waals surface area contributed by atoms with Gasteiger partial charge in [0.2, 0.25) is 6.10 Å². The molecule has 0 spiro atoms. The SMILES string of the molecule is O=C(Nc1ccc(Cl)nc1)O[C@@H](CN1CCOC(c2cccc(C(F)(F)F)c2)C1)C(F)(F)F. The summed E-state index contributed by atoms with van der Waals surface area (Å²) in [6, 6.07) is 7.08. The third-order valence-electron chi connectivity index (χ3n) is 4.75. The molecule has 2 atom stereocenters. The second-order valence-corrected chi connectivity index (χ2v) is 7.56. The monoisotopic (exact) mass is 497 g/mol. The molecule has 1 saturated heterocycles. The van der Waals surface area contributed by atoms with Gasteiger partial charge in [-0.25, -0.2) is 9.78 Å². The lowest BCUT2D eigenvalue weighted by atomic mass is 10.0. The number of aromatic nitrogens is 1. The molecule has 33 heavy (non-hydrogen) atoms. The van der Waals surface area contributed by atoms with Crippen molar-refractivity contribution in [1.29, 1.82) is 0 Å². The van der Waals surface area contributed by atoms with E-state index in [1.165, 1.54) is 29.2 Å². The average Bonchev–Trinajstić information content (AvgIpc) is 2.74.